The summed E-state index contributed by atoms with van der Waals surface area (Å²) in [5, 5.41) is 42.7. The van der Waals surface area contributed by atoms with Gasteiger partial charge >= 0.3 is 15.4 Å². The van der Waals surface area contributed by atoms with E-state index in [0.29, 0.717) is 11.3 Å². The third-order valence-electron chi connectivity index (χ3n) is 7.48. The number of ether oxygens (including phenoxy) is 2. The van der Waals surface area contributed by atoms with Gasteiger partial charge in [-0.15, -0.1) is 0 Å². The summed E-state index contributed by atoms with van der Waals surface area (Å²) < 4.78 is 50.1. The molecule has 1 amide bonds. The van der Waals surface area contributed by atoms with E-state index in [1.54, 1.807) is 10.6 Å². The molecule has 4 aromatic heterocycles. The Labute approximate surface area is 256 Å². The number of primary amides is 1. The first-order valence-corrected chi connectivity index (χ1v) is 16.5. The third-order valence-corrected chi connectivity index (χ3v) is 9.71. The van der Waals surface area contributed by atoms with Crippen molar-refractivity contribution in [1.29, 1.82) is 0 Å². The van der Waals surface area contributed by atoms with Crippen LogP contribution < -0.4 is 10.3 Å². The third kappa shape index (κ3) is 6.09. The largest absolute Gasteiger partial charge is 0.470 e. The van der Waals surface area contributed by atoms with Crippen LogP contribution >= 0.6 is 15.4 Å². The Morgan fingerprint density at radius 1 is 1.09 bits per heavy atom. The molecule has 21 nitrogen and oxygen atoms in total. The highest BCUT2D eigenvalue weighted by Crippen LogP contribution is 2.58. The molecule has 248 valence electrons. The Bertz CT molecular complexity index is 1870. The predicted octanol–water partition coefficient (Wildman–Crippen LogP) is -2.96. The molecule has 4 aromatic rings. The molecular weight excluding hydrogens is 660 g/mol. The van der Waals surface area contributed by atoms with Crippen molar-refractivity contribution in [3.63, 3.8) is 0 Å². The smallest absolute Gasteiger partial charge is 0.387 e. The number of nitrogens with two attached hydrogens (primary N) is 1. The molecule has 0 aliphatic carbocycles. The highest BCUT2D eigenvalue weighted by Gasteiger charge is 2.56. The van der Waals surface area contributed by atoms with Crippen LogP contribution in [0.1, 0.15) is 22.8 Å². The summed E-state index contributed by atoms with van der Waals surface area (Å²) in [6.07, 6.45) is -5.23. The number of imidazole rings is 2. The lowest BCUT2D eigenvalue weighted by Gasteiger charge is -2.29. The molecule has 10 atom stereocenters. The fourth-order valence-electron chi connectivity index (χ4n) is 5.25. The summed E-state index contributed by atoms with van der Waals surface area (Å²) in [5.74, 6) is -3.04. The Kier molecular flexibility index (Phi) is 8.57. The highest BCUT2D eigenvalue weighted by atomic mass is 31.2. The van der Waals surface area contributed by atoms with Gasteiger partial charge in [0.1, 0.15) is 41.6 Å². The van der Waals surface area contributed by atoms with Gasteiger partial charge < -0.3 is 59.4 Å². The van der Waals surface area contributed by atoms with Gasteiger partial charge in [-0.05, 0) is 6.07 Å². The van der Waals surface area contributed by atoms with Crippen LogP contribution in [0.5, 0.6) is 0 Å². The fraction of sp³-hybridized carbons (Fsp3) is 0.435. The molecule has 0 saturated carbocycles. The van der Waals surface area contributed by atoms with Gasteiger partial charge in [0.25, 0.3) is 12.1 Å². The molecule has 6 heterocycles. The molecule has 2 aliphatic rings. The average molecular weight is 688 g/mol. The SMILES string of the molecule is NC(=O)c1ccc[n+]([C@@H]2O[C@H](COP(=O)(O)C(OP(=O)(O)O)[C@@H]3O[C@@H](n4cnc5nc6nccn6c5c4)[C@H](O)[C@@H]3O)[C@@H](O)[C@H]2O)c1. The summed E-state index contributed by atoms with van der Waals surface area (Å²) >= 11 is 0. The number of hydrogen-bond acceptors (Lipinski definition) is 14. The first-order chi connectivity index (χ1) is 21.6. The van der Waals surface area contributed by atoms with Gasteiger partial charge in [0.15, 0.2) is 36.2 Å². The first kappa shape index (κ1) is 32.7. The first-order valence-electron chi connectivity index (χ1n) is 13.4. The molecule has 0 bridgehead atoms. The maximum absolute atomic E-state index is 13.4. The van der Waals surface area contributed by atoms with E-state index in [9.17, 15) is 49.0 Å². The minimum atomic E-state index is -5.57. The van der Waals surface area contributed by atoms with Crippen molar-refractivity contribution in [2.45, 2.75) is 54.9 Å². The van der Waals surface area contributed by atoms with Gasteiger partial charge in [-0.3, -0.25) is 18.3 Å². The monoisotopic (exact) mass is 688 g/mol. The molecule has 46 heavy (non-hydrogen) atoms. The van der Waals surface area contributed by atoms with E-state index in [1.807, 2.05) is 0 Å². The van der Waals surface area contributed by atoms with Crippen LogP contribution in [-0.2, 0) is 27.7 Å². The second kappa shape index (κ2) is 12.1. The van der Waals surface area contributed by atoms with Gasteiger partial charge in [0, 0.05) is 24.7 Å². The molecule has 2 fully saturated rings. The van der Waals surface area contributed by atoms with E-state index in [-0.39, 0.29) is 11.2 Å². The number of nitrogens with zero attached hydrogens (tertiary/aromatic N) is 6. The zero-order valence-electron chi connectivity index (χ0n) is 23.2. The van der Waals surface area contributed by atoms with Crippen molar-refractivity contribution in [3.8, 4) is 0 Å². The Balaban J connectivity index is 1.21. The number of pyridine rings is 1. The van der Waals surface area contributed by atoms with E-state index in [2.05, 4.69) is 19.5 Å². The summed E-state index contributed by atoms with van der Waals surface area (Å²) in [5.41, 5.74) is 6.02. The summed E-state index contributed by atoms with van der Waals surface area (Å²) in [4.78, 5) is 53.9. The van der Waals surface area contributed by atoms with E-state index >= 15 is 0 Å². The molecule has 2 aliphatic heterocycles. The fourth-order valence-corrected chi connectivity index (χ4v) is 7.62. The van der Waals surface area contributed by atoms with Gasteiger partial charge in [-0.1, -0.05) is 0 Å². The minimum Gasteiger partial charge on any atom is -0.387 e. The van der Waals surface area contributed by atoms with Crippen molar-refractivity contribution >= 4 is 38.3 Å². The number of aliphatic hydroxyl groups excluding tert-OH is 4. The maximum Gasteiger partial charge on any atom is 0.470 e. The van der Waals surface area contributed by atoms with E-state index in [1.165, 1.54) is 52.4 Å². The molecule has 0 aromatic carbocycles. The van der Waals surface area contributed by atoms with Crippen LogP contribution in [0.3, 0.4) is 0 Å². The van der Waals surface area contributed by atoms with Crippen LogP contribution in [0.15, 0.2) is 49.4 Å². The quantitative estimate of drug-likeness (QED) is 0.0609. The summed E-state index contributed by atoms with van der Waals surface area (Å²) in [7, 11) is -11.0. The molecule has 23 heteroatoms. The number of fused-ring (bicyclic) bond motifs is 3. The van der Waals surface area contributed by atoms with Gasteiger partial charge in [-0.25, -0.2) is 14.5 Å². The van der Waals surface area contributed by atoms with Gasteiger partial charge in [0.05, 0.1) is 12.9 Å². The van der Waals surface area contributed by atoms with E-state index in [4.69, 9.17) is 19.7 Å². The Morgan fingerprint density at radius 2 is 1.85 bits per heavy atom. The van der Waals surface area contributed by atoms with Crippen LogP contribution in [-0.4, -0.2) is 114 Å². The van der Waals surface area contributed by atoms with Crippen molar-refractivity contribution < 1.29 is 72.1 Å². The Hall–Kier alpha value is -3.27. The molecule has 2 saturated heterocycles. The van der Waals surface area contributed by atoms with Gasteiger partial charge in [0.2, 0.25) is 5.78 Å². The number of rotatable bonds is 10. The van der Waals surface area contributed by atoms with Crippen LogP contribution in [0, 0.1) is 0 Å². The number of hydrogen-bond donors (Lipinski definition) is 8. The lowest BCUT2D eigenvalue weighted by molar-refractivity contribution is -0.765. The highest BCUT2D eigenvalue weighted by molar-refractivity contribution is 7.54. The van der Waals surface area contributed by atoms with Crippen LogP contribution in [0.4, 0.5) is 0 Å². The number of phosphoric ester groups is 1. The lowest BCUT2D eigenvalue weighted by Crippen LogP contribution is -2.46. The maximum atomic E-state index is 13.4. The van der Waals surface area contributed by atoms with E-state index < -0.39 is 82.9 Å². The molecule has 6 rings (SSSR count). The number of aromatic nitrogens is 6. The zero-order valence-corrected chi connectivity index (χ0v) is 25.0. The topological polar surface area (TPSA) is 308 Å². The van der Waals surface area contributed by atoms with Crippen molar-refractivity contribution in [3.05, 3.63) is 55.0 Å². The number of aliphatic hydroxyl groups is 4. The number of phosphoric acid groups is 1. The van der Waals surface area contributed by atoms with Gasteiger partial charge in [-0.2, -0.15) is 9.55 Å². The molecule has 0 radical (unpaired) electrons. The van der Waals surface area contributed by atoms with Crippen molar-refractivity contribution in [1.82, 2.24) is 23.9 Å². The number of carbonyl (C=O) groups excluding carboxylic acids is 1. The van der Waals surface area contributed by atoms with E-state index in [0.717, 1.165) is 0 Å². The molecule has 2 unspecified atom stereocenters. The average Bonchev–Trinajstić information content (AvgIpc) is 3.74. The molecular formula is C23H28N7O14P2+. The summed E-state index contributed by atoms with van der Waals surface area (Å²) in [6, 6.07) is 2.82. The number of amides is 1. The number of carbonyl (C=O) groups is 1. The lowest BCUT2D eigenvalue weighted by atomic mass is 10.1. The summed E-state index contributed by atoms with van der Waals surface area (Å²) in [6.45, 7) is -0.936. The minimum absolute atomic E-state index is 0.0516. The normalized spacial score (nSPS) is 30.6. The zero-order chi connectivity index (χ0) is 33.1. The predicted molar refractivity (Wildman–Crippen MR) is 146 cm³/mol. The second-order valence-corrected chi connectivity index (χ2v) is 13.6. The van der Waals surface area contributed by atoms with Crippen molar-refractivity contribution in [2.75, 3.05) is 6.61 Å². The van der Waals surface area contributed by atoms with Crippen LogP contribution in [0.25, 0.3) is 16.9 Å². The second-order valence-electron chi connectivity index (χ2n) is 10.5. The Morgan fingerprint density at radius 3 is 2.57 bits per heavy atom. The molecule has 9 N–H and O–H groups in total. The molecule has 0 spiro atoms. The standard InChI is InChI=1S/C23H27N7O14P2/c24-18(35)10-2-1-4-28(6-10)20-15(33)13(31)12(42-20)8-41-45(36,37)22(44-46(38,39)40)17-14(32)16(34)21(43-17)29-7-11-19(26-9-29)27-23-25-3-5-30(11)23/h1-7,9,12-17,20-22,31-34H,8H2,(H4-,24,35,36,37,38,39,40)/p+1/t12-,13-,14+,15-,16-,17-,20-,21-,22?/m1/s1. The van der Waals surface area contributed by atoms with Crippen LogP contribution in [0.2, 0.25) is 0 Å². The van der Waals surface area contributed by atoms with Crippen molar-refractivity contribution in [2.24, 2.45) is 5.73 Å².